The quantitative estimate of drug-likeness (QED) is 0.594. The highest BCUT2D eigenvalue weighted by Gasteiger charge is 2.25. The second-order valence-electron chi connectivity index (χ2n) is 7.51. The zero-order valence-electron chi connectivity index (χ0n) is 17.1. The molecule has 0 bridgehead atoms. The van der Waals surface area contributed by atoms with E-state index in [0.29, 0.717) is 17.7 Å². The van der Waals surface area contributed by atoms with Crippen LogP contribution < -0.4 is 10.6 Å². The Morgan fingerprint density at radius 2 is 1.50 bits per heavy atom. The Morgan fingerprint density at radius 3 is 2.17 bits per heavy atom. The predicted octanol–water partition coefficient (Wildman–Crippen LogP) is 4.81. The number of benzene rings is 3. The van der Waals surface area contributed by atoms with Crippen LogP contribution in [0.4, 0.5) is 10.1 Å². The smallest absolute Gasteiger partial charge is 0.251 e. The highest BCUT2D eigenvalue weighted by atomic mass is 19.1. The Bertz CT molecular complexity index is 1000. The lowest BCUT2D eigenvalue weighted by Crippen LogP contribution is -2.47. The molecule has 0 spiro atoms. The van der Waals surface area contributed by atoms with Crippen molar-refractivity contribution in [3.05, 3.63) is 101 Å². The topological polar surface area (TPSA) is 58.2 Å². The molecular formula is C25H25FN2O2. The van der Waals surface area contributed by atoms with Gasteiger partial charge in [-0.3, -0.25) is 9.59 Å². The van der Waals surface area contributed by atoms with Crippen LogP contribution in [-0.4, -0.2) is 17.9 Å². The number of amides is 2. The lowest BCUT2D eigenvalue weighted by molar-refractivity contribution is -0.118. The van der Waals surface area contributed by atoms with E-state index in [0.717, 1.165) is 11.1 Å². The predicted molar refractivity (Wildman–Crippen MR) is 117 cm³/mol. The van der Waals surface area contributed by atoms with Crippen LogP contribution in [-0.2, 0) is 11.2 Å². The van der Waals surface area contributed by atoms with Crippen LogP contribution in [0, 0.1) is 11.7 Å². The van der Waals surface area contributed by atoms with Gasteiger partial charge in [-0.25, -0.2) is 4.39 Å². The number of nitrogens with one attached hydrogen (secondary N) is 2. The monoisotopic (exact) mass is 404 g/mol. The van der Waals surface area contributed by atoms with Crippen LogP contribution >= 0.6 is 0 Å². The first-order valence-corrected chi connectivity index (χ1v) is 9.93. The number of carbonyl (C=O) groups excluding carboxylic acids is 2. The molecule has 0 saturated heterocycles. The molecule has 0 radical (unpaired) electrons. The molecule has 0 aliphatic carbocycles. The Hall–Kier alpha value is -3.47. The Balaban J connectivity index is 1.74. The molecule has 0 unspecified atom stereocenters. The van der Waals surface area contributed by atoms with E-state index in [4.69, 9.17) is 0 Å². The summed E-state index contributed by atoms with van der Waals surface area (Å²) < 4.78 is 13.1. The minimum atomic E-state index is -0.729. The van der Waals surface area contributed by atoms with Crippen molar-refractivity contribution in [1.29, 1.82) is 0 Å². The summed E-state index contributed by atoms with van der Waals surface area (Å²) in [6.45, 7) is 3.73. The number of halogens is 1. The summed E-state index contributed by atoms with van der Waals surface area (Å²) in [5, 5.41) is 5.73. The molecule has 4 nitrogen and oxygen atoms in total. The lowest BCUT2D eigenvalue weighted by Gasteiger charge is -2.22. The van der Waals surface area contributed by atoms with Crippen molar-refractivity contribution in [3.63, 3.8) is 0 Å². The second-order valence-corrected chi connectivity index (χ2v) is 7.51. The maximum atomic E-state index is 13.1. The zero-order valence-corrected chi connectivity index (χ0v) is 17.1. The average Bonchev–Trinajstić information content (AvgIpc) is 2.74. The van der Waals surface area contributed by atoms with Gasteiger partial charge in [-0.15, -0.1) is 0 Å². The number of anilines is 1. The van der Waals surface area contributed by atoms with Crippen LogP contribution in [0.2, 0.25) is 0 Å². The number of carbonyl (C=O) groups is 2. The van der Waals surface area contributed by atoms with Crippen molar-refractivity contribution < 1.29 is 14.0 Å². The van der Waals surface area contributed by atoms with E-state index < -0.39 is 17.8 Å². The van der Waals surface area contributed by atoms with E-state index >= 15 is 0 Å². The largest absolute Gasteiger partial charge is 0.340 e. The van der Waals surface area contributed by atoms with Gasteiger partial charge in [-0.1, -0.05) is 62.4 Å². The van der Waals surface area contributed by atoms with Crippen molar-refractivity contribution in [1.82, 2.24) is 5.32 Å². The molecule has 2 amide bonds. The maximum absolute atomic E-state index is 13.1. The molecule has 0 aromatic heterocycles. The second kappa shape index (κ2) is 9.83. The zero-order chi connectivity index (χ0) is 21.5. The van der Waals surface area contributed by atoms with Gasteiger partial charge in [-0.2, -0.15) is 0 Å². The molecule has 3 rings (SSSR count). The van der Waals surface area contributed by atoms with E-state index in [2.05, 4.69) is 10.6 Å². The normalized spacial score (nSPS) is 11.7. The molecule has 0 aliphatic heterocycles. The molecule has 0 aliphatic rings. The van der Waals surface area contributed by atoms with Crippen molar-refractivity contribution in [3.8, 4) is 0 Å². The molecule has 5 heteroatoms. The molecule has 0 saturated carbocycles. The Morgan fingerprint density at radius 1 is 0.867 bits per heavy atom. The van der Waals surface area contributed by atoms with Crippen LogP contribution in [0.1, 0.15) is 35.3 Å². The molecule has 0 heterocycles. The third-order valence-electron chi connectivity index (χ3n) is 4.85. The van der Waals surface area contributed by atoms with E-state index in [1.165, 1.54) is 24.3 Å². The van der Waals surface area contributed by atoms with Crippen molar-refractivity contribution >= 4 is 17.5 Å². The lowest BCUT2D eigenvalue weighted by atomic mass is 10.0. The van der Waals surface area contributed by atoms with Crippen LogP contribution in [0.15, 0.2) is 78.9 Å². The third-order valence-corrected chi connectivity index (χ3v) is 4.85. The van der Waals surface area contributed by atoms with Crippen LogP contribution in [0.3, 0.4) is 0 Å². The Kier molecular flexibility index (Phi) is 6.96. The molecule has 1 atom stereocenters. The molecule has 0 fully saturated rings. The molecule has 3 aromatic rings. The number of hydrogen-bond donors (Lipinski definition) is 2. The van der Waals surface area contributed by atoms with Gasteiger partial charge in [-0.05, 0) is 53.8 Å². The molecule has 3 aromatic carbocycles. The summed E-state index contributed by atoms with van der Waals surface area (Å²) in [7, 11) is 0. The van der Waals surface area contributed by atoms with E-state index in [1.54, 1.807) is 0 Å². The van der Waals surface area contributed by atoms with Crippen LogP contribution in [0.25, 0.3) is 0 Å². The fourth-order valence-electron chi connectivity index (χ4n) is 3.18. The van der Waals surface area contributed by atoms with Gasteiger partial charge >= 0.3 is 0 Å². The summed E-state index contributed by atoms with van der Waals surface area (Å²) in [5.74, 6) is -1.25. The number of para-hydroxylation sites is 1. The molecule has 30 heavy (non-hydrogen) atoms. The van der Waals surface area contributed by atoms with Crippen LogP contribution in [0.5, 0.6) is 0 Å². The van der Waals surface area contributed by atoms with E-state index in [-0.39, 0.29) is 11.8 Å². The average molecular weight is 404 g/mol. The van der Waals surface area contributed by atoms with E-state index in [9.17, 15) is 14.0 Å². The fourth-order valence-corrected chi connectivity index (χ4v) is 3.18. The Labute approximate surface area is 176 Å². The third kappa shape index (κ3) is 5.54. The summed E-state index contributed by atoms with van der Waals surface area (Å²) >= 11 is 0. The van der Waals surface area contributed by atoms with Gasteiger partial charge in [0.25, 0.3) is 5.91 Å². The van der Waals surface area contributed by atoms with Gasteiger partial charge in [0.05, 0.1) is 0 Å². The highest BCUT2D eigenvalue weighted by Crippen LogP contribution is 2.20. The summed E-state index contributed by atoms with van der Waals surface area (Å²) in [6.07, 6.45) is 0.686. The molecule has 154 valence electrons. The summed E-state index contributed by atoms with van der Waals surface area (Å²) in [4.78, 5) is 25.5. The minimum Gasteiger partial charge on any atom is -0.340 e. The fraction of sp³-hybridized carbons (Fsp3) is 0.200. The summed E-state index contributed by atoms with van der Waals surface area (Å²) in [6, 6.07) is 22.2. The van der Waals surface area contributed by atoms with Crippen molar-refractivity contribution in [2.24, 2.45) is 5.92 Å². The summed E-state index contributed by atoms with van der Waals surface area (Å²) in [5.41, 5.74) is 3.15. The van der Waals surface area contributed by atoms with E-state index in [1.807, 2.05) is 68.4 Å². The molecular weight excluding hydrogens is 379 g/mol. The number of hydrogen-bond acceptors (Lipinski definition) is 2. The standard InChI is InChI=1S/C25H25FN2O2/c1-17(2)23(28-24(29)19-12-14-21(26)15-13-19)25(30)27-22-11-7-6-10-20(22)16-18-8-4-3-5-9-18/h3-15,17,23H,16H2,1-2H3,(H,27,30)(H,28,29)/t23-/m1/s1. The number of rotatable bonds is 7. The first-order chi connectivity index (χ1) is 14.4. The highest BCUT2D eigenvalue weighted by molar-refractivity contribution is 6.01. The SMILES string of the molecule is CC(C)[C@@H](NC(=O)c1ccc(F)cc1)C(=O)Nc1ccccc1Cc1ccccc1. The van der Waals surface area contributed by atoms with Gasteiger partial charge in [0.15, 0.2) is 0 Å². The van der Waals surface area contributed by atoms with Gasteiger partial charge in [0, 0.05) is 11.3 Å². The minimum absolute atomic E-state index is 0.129. The maximum Gasteiger partial charge on any atom is 0.251 e. The van der Waals surface area contributed by atoms with Gasteiger partial charge in [0.2, 0.25) is 5.91 Å². The van der Waals surface area contributed by atoms with Crippen molar-refractivity contribution in [2.75, 3.05) is 5.32 Å². The first kappa shape index (κ1) is 21.2. The first-order valence-electron chi connectivity index (χ1n) is 9.93. The van der Waals surface area contributed by atoms with Gasteiger partial charge < -0.3 is 10.6 Å². The van der Waals surface area contributed by atoms with Gasteiger partial charge in [0.1, 0.15) is 11.9 Å². The molecule has 2 N–H and O–H groups in total. The van der Waals surface area contributed by atoms with Crippen molar-refractivity contribution in [2.45, 2.75) is 26.3 Å².